The Kier molecular flexibility index (Phi) is 4.77. The molecule has 2 aromatic heterocycles. The first kappa shape index (κ1) is 19.4. The zero-order valence-corrected chi connectivity index (χ0v) is 17.9. The van der Waals surface area contributed by atoms with Gasteiger partial charge < -0.3 is 0 Å². The summed E-state index contributed by atoms with van der Waals surface area (Å²) in [6, 6.07) is 19.5. The summed E-state index contributed by atoms with van der Waals surface area (Å²) in [7, 11) is 0. The summed E-state index contributed by atoms with van der Waals surface area (Å²) >= 11 is 7.37. The van der Waals surface area contributed by atoms with Crippen molar-refractivity contribution in [2.75, 3.05) is 5.32 Å². The molecule has 1 N–H and O–H groups in total. The molecule has 0 atom stereocenters. The first-order valence-corrected chi connectivity index (χ1v) is 10.7. The standard InChI is InChI=1S/C23H15ClN4O2S/c1-13-25-18-5-3-2-4-17(18)22(30)28(13)16-9-6-14(7-10-16)21(29)27-23-26-19-11-8-15(24)12-20(19)31-23/h2-12H,1H3,(H,26,27,29). The van der Waals surface area contributed by atoms with E-state index in [-0.39, 0.29) is 11.5 Å². The molecule has 6 nitrogen and oxygen atoms in total. The van der Waals surface area contributed by atoms with Crippen LogP contribution in [-0.2, 0) is 0 Å². The zero-order valence-electron chi connectivity index (χ0n) is 16.3. The van der Waals surface area contributed by atoms with Gasteiger partial charge in [-0.25, -0.2) is 9.97 Å². The number of carbonyl (C=O) groups is 1. The van der Waals surface area contributed by atoms with Crippen LogP contribution in [0.25, 0.3) is 26.8 Å². The number of anilines is 1. The fourth-order valence-corrected chi connectivity index (χ4v) is 4.57. The molecule has 3 aromatic carbocycles. The van der Waals surface area contributed by atoms with Gasteiger partial charge in [0.15, 0.2) is 5.13 Å². The SMILES string of the molecule is Cc1nc2ccccc2c(=O)n1-c1ccc(C(=O)Nc2nc3ccc(Cl)cc3s2)cc1. The number of aromatic nitrogens is 3. The number of fused-ring (bicyclic) bond motifs is 2. The number of aryl methyl sites for hydroxylation is 1. The fraction of sp³-hybridized carbons (Fsp3) is 0.0435. The zero-order chi connectivity index (χ0) is 21.5. The van der Waals surface area contributed by atoms with E-state index in [0.29, 0.717) is 38.1 Å². The topological polar surface area (TPSA) is 76.9 Å². The first-order valence-electron chi connectivity index (χ1n) is 9.46. The maximum atomic E-state index is 12.9. The Hall–Kier alpha value is -3.55. The molecule has 0 saturated heterocycles. The van der Waals surface area contributed by atoms with E-state index in [9.17, 15) is 9.59 Å². The van der Waals surface area contributed by atoms with Crippen molar-refractivity contribution in [2.24, 2.45) is 0 Å². The van der Waals surface area contributed by atoms with Crippen LogP contribution in [0.4, 0.5) is 5.13 Å². The number of carbonyl (C=O) groups excluding carboxylic acids is 1. The van der Waals surface area contributed by atoms with Gasteiger partial charge in [-0.15, -0.1) is 0 Å². The van der Waals surface area contributed by atoms with E-state index in [1.807, 2.05) is 30.3 Å². The summed E-state index contributed by atoms with van der Waals surface area (Å²) in [5.41, 5.74) is 2.40. The number of para-hydroxylation sites is 1. The number of halogens is 1. The van der Waals surface area contributed by atoms with E-state index in [1.54, 1.807) is 47.9 Å². The highest BCUT2D eigenvalue weighted by molar-refractivity contribution is 7.22. The Morgan fingerprint density at radius 1 is 1.00 bits per heavy atom. The second kappa shape index (κ2) is 7.61. The maximum Gasteiger partial charge on any atom is 0.265 e. The average Bonchev–Trinajstić information content (AvgIpc) is 3.15. The molecular weight excluding hydrogens is 432 g/mol. The molecule has 0 radical (unpaired) electrons. The molecule has 0 spiro atoms. The van der Waals surface area contributed by atoms with Gasteiger partial charge in [0.25, 0.3) is 11.5 Å². The molecule has 8 heteroatoms. The monoisotopic (exact) mass is 446 g/mol. The van der Waals surface area contributed by atoms with Gasteiger partial charge >= 0.3 is 0 Å². The molecule has 2 heterocycles. The maximum absolute atomic E-state index is 12.9. The van der Waals surface area contributed by atoms with Crippen molar-refractivity contribution in [3.05, 3.63) is 93.5 Å². The van der Waals surface area contributed by atoms with Crippen molar-refractivity contribution in [2.45, 2.75) is 6.92 Å². The van der Waals surface area contributed by atoms with Crippen LogP contribution in [-0.4, -0.2) is 20.4 Å². The van der Waals surface area contributed by atoms with Crippen LogP contribution < -0.4 is 10.9 Å². The number of hydrogen-bond donors (Lipinski definition) is 1. The highest BCUT2D eigenvalue weighted by Gasteiger charge is 2.13. The Morgan fingerprint density at radius 3 is 2.58 bits per heavy atom. The van der Waals surface area contributed by atoms with Gasteiger partial charge in [-0.1, -0.05) is 35.1 Å². The van der Waals surface area contributed by atoms with Crippen LogP contribution >= 0.6 is 22.9 Å². The number of rotatable bonds is 3. The van der Waals surface area contributed by atoms with Crippen molar-refractivity contribution >= 4 is 55.1 Å². The predicted molar refractivity (Wildman–Crippen MR) is 125 cm³/mol. The lowest BCUT2D eigenvalue weighted by atomic mass is 10.2. The molecule has 0 bridgehead atoms. The summed E-state index contributed by atoms with van der Waals surface area (Å²) in [4.78, 5) is 34.5. The van der Waals surface area contributed by atoms with Gasteiger partial charge in [0.2, 0.25) is 0 Å². The van der Waals surface area contributed by atoms with Gasteiger partial charge in [0.1, 0.15) is 5.82 Å². The molecule has 0 saturated carbocycles. The molecule has 0 unspecified atom stereocenters. The van der Waals surface area contributed by atoms with Crippen LogP contribution in [0, 0.1) is 6.92 Å². The fourth-order valence-electron chi connectivity index (χ4n) is 3.43. The van der Waals surface area contributed by atoms with Crippen molar-refractivity contribution in [1.82, 2.24) is 14.5 Å². The normalized spacial score (nSPS) is 11.2. The molecule has 0 aliphatic rings. The van der Waals surface area contributed by atoms with Gasteiger partial charge in [-0.2, -0.15) is 0 Å². The highest BCUT2D eigenvalue weighted by atomic mass is 35.5. The number of amides is 1. The minimum atomic E-state index is -0.280. The third-order valence-electron chi connectivity index (χ3n) is 4.90. The van der Waals surface area contributed by atoms with E-state index in [0.717, 1.165) is 10.2 Å². The predicted octanol–water partition coefficient (Wildman–Crippen LogP) is 5.21. The van der Waals surface area contributed by atoms with Gasteiger partial charge in [-0.05, 0) is 61.5 Å². The van der Waals surface area contributed by atoms with E-state index in [1.165, 1.54) is 11.3 Å². The molecule has 0 fully saturated rings. The van der Waals surface area contributed by atoms with Gasteiger partial charge in [0, 0.05) is 10.6 Å². The average molecular weight is 447 g/mol. The molecule has 152 valence electrons. The largest absolute Gasteiger partial charge is 0.298 e. The van der Waals surface area contributed by atoms with Crippen molar-refractivity contribution in [3.8, 4) is 5.69 Å². The van der Waals surface area contributed by atoms with Crippen LogP contribution in [0.1, 0.15) is 16.2 Å². The molecule has 0 aliphatic carbocycles. The van der Waals surface area contributed by atoms with Gasteiger partial charge in [0.05, 0.1) is 26.8 Å². The molecule has 1 amide bonds. The summed E-state index contributed by atoms with van der Waals surface area (Å²) < 4.78 is 2.44. The van der Waals surface area contributed by atoms with E-state index < -0.39 is 0 Å². The van der Waals surface area contributed by atoms with E-state index in [4.69, 9.17) is 11.6 Å². The molecule has 5 rings (SSSR count). The molecule has 0 aliphatic heterocycles. The van der Waals surface area contributed by atoms with Crippen LogP contribution in [0.15, 0.2) is 71.5 Å². The third kappa shape index (κ3) is 3.58. The summed E-state index contributed by atoms with van der Waals surface area (Å²) in [5, 5.41) is 4.49. The second-order valence-corrected chi connectivity index (χ2v) is 8.42. The summed E-state index contributed by atoms with van der Waals surface area (Å²) in [6.45, 7) is 1.79. The number of nitrogens with one attached hydrogen (secondary N) is 1. The lowest BCUT2D eigenvalue weighted by Gasteiger charge is -2.11. The van der Waals surface area contributed by atoms with Crippen LogP contribution in [0.2, 0.25) is 5.02 Å². The van der Waals surface area contributed by atoms with Crippen molar-refractivity contribution in [3.63, 3.8) is 0 Å². The van der Waals surface area contributed by atoms with E-state index in [2.05, 4.69) is 15.3 Å². The molecular formula is C23H15ClN4O2S. The minimum Gasteiger partial charge on any atom is -0.298 e. The Morgan fingerprint density at radius 2 is 1.77 bits per heavy atom. The lowest BCUT2D eigenvalue weighted by Crippen LogP contribution is -2.22. The number of thiazole rings is 1. The Balaban J connectivity index is 1.44. The number of benzene rings is 3. The third-order valence-corrected chi connectivity index (χ3v) is 6.07. The number of hydrogen-bond acceptors (Lipinski definition) is 5. The highest BCUT2D eigenvalue weighted by Crippen LogP contribution is 2.28. The number of nitrogens with zero attached hydrogens (tertiary/aromatic N) is 3. The molecule has 31 heavy (non-hydrogen) atoms. The van der Waals surface area contributed by atoms with Crippen molar-refractivity contribution < 1.29 is 4.79 Å². The minimum absolute atomic E-state index is 0.145. The second-order valence-electron chi connectivity index (χ2n) is 6.95. The summed E-state index contributed by atoms with van der Waals surface area (Å²) in [6.07, 6.45) is 0. The molecule has 5 aromatic rings. The van der Waals surface area contributed by atoms with Crippen molar-refractivity contribution in [1.29, 1.82) is 0 Å². The van der Waals surface area contributed by atoms with E-state index >= 15 is 0 Å². The summed E-state index contributed by atoms with van der Waals surface area (Å²) in [5.74, 6) is 0.298. The van der Waals surface area contributed by atoms with Crippen LogP contribution in [0.3, 0.4) is 0 Å². The Labute approximate surface area is 185 Å². The quantitative estimate of drug-likeness (QED) is 0.412. The first-order chi connectivity index (χ1) is 15.0. The van der Waals surface area contributed by atoms with Gasteiger partial charge in [-0.3, -0.25) is 19.5 Å². The lowest BCUT2D eigenvalue weighted by molar-refractivity contribution is 0.102. The van der Waals surface area contributed by atoms with Crippen LogP contribution in [0.5, 0.6) is 0 Å². The Bertz CT molecular complexity index is 1520. The smallest absolute Gasteiger partial charge is 0.265 e.